The standard InChI is InChI=1S/C26H24N4S/c1-3-9-19(10-4-1)25(20-11-5-2-6-12-20)29-15-16-30-24(18-29)27-28-26(30)23-17-21-13-7-8-14-22(21)31-23/h1-14,17,21-22,25H,15-16,18H2. The third kappa shape index (κ3) is 3.48. The number of aromatic nitrogens is 3. The van der Waals surface area contributed by atoms with E-state index in [0.717, 1.165) is 31.3 Å². The highest BCUT2D eigenvalue weighted by Crippen LogP contribution is 2.44. The number of thioether (sulfide) groups is 1. The number of hydrogen-bond donors (Lipinski definition) is 0. The molecule has 2 unspecified atom stereocenters. The van der Waals surface area contributed by atoms with Gasteiger partial charge in [-0.1, -0.05) is 91.0 Å². The molecule has 3 heterocycles. The molecule has 0 N–H and O–H groups in total. The molecule has 0 spiro atoms. The first-order chi connectivity index (χ1) is 15.4. The second-order valence-electron chi connectivity index (χ2n) is 8.25. The molecule has 0 bridgehead atoms. The number of benzene rings is 2. The van der Waals surface area contributed by atoms with Crippen molar-refractivity contribution in [2.45, 2.75) is 24.4 Å². The number of fused-ring (bicyclic) bond motifs is 2. The van der Waals surface area contributed by atoms with E-state index >= 15 is 0 Å². The van der Waals surface area contributed by atoms with Crippen molar-refractivity contribution in [3.8, 4) is 0 Å². The highest BCUT2D eigenvalue weighted by molar-refractivity contribution is 8.09. The number of allylic oxidation sites excluding steroid dienone is 4. The summed E-state index contributed by atoms with van der Waals surface area (Å²) >= 11 is 1.91. The van der Waals surface area contributed by atoms with Crippen LogP contribution in [0, 0.1) is 5.92 Å². The van der Waals surface area contributed by atoms with Gasteiger partial charge in [0.1, 0.15) is 5.82 Å². The lowest BCUT2D eigenvalue weighted by molar-refractivity contribution is 0.175. The monoisotopic (exact) mass is 424 g/mol. The third-order valence-electron chi connectivity index (χ3n) is 6.33. The molecule has 3 aliphatic rings. The van der Waals surface area contributed by atoms with Crippen LogP contribution >= 0.6 is 11.8 Å². The summed E-state index contributed by atoms with van der Waals surface area (Å²) in [5, 5.41) is 9.74. The normalized spacial score (nSPS) is 22.4. The Hall–Kier alpha value is -2.89. The zero-order valence-corrected chi connectivity index (χ0v) is 18.0. The van der Waals surface area contributed by atoms with Gasteiger partial charge in [-0.3, -0.25) is 4.90 Å². The van der Waals surface area contributed by atoms with Crippen LogP contribution in [-0.4, -0.2) is 31.5 Å². The van der Waals surface area contributed by atoms with Crippen LogP contribution in [0.5, 0.6) is 0 Å². The first-order valence-corrected chi connectivity index (χ1v) is 11.7. The lowest BCUT2D eigenvalue weighted by Crippen LogP contribution is -2.37. The molecule has 3 aromatic rings. The topological polar surface area (TPSA) is 34.0 Å². The van der Waals surface area contributed by atoms with E-state index in [1.165, 1.54) is 16.0 Å². The highest BCUT2D eigenvalue weighted by atomic mass is 32.2. The first kappa shape index (κ1) is 18.8. The van der Waals surface area contributed by atoms with E-state index in [2.05, 4.69) is 111 Å². The second-order valence-corrected chi connectivity index (χ2v) is 9.47. The van der Waals surface area contributed by atoms with Crippen LogP contribution in [-0.2, 0) is 13.1 Å². The van der Waals surface area contributed by atoms with Gasteiger partial charge in [0.15, 0.2) is 5.82 Å². The van der Waals surface area contributed by atoms with Crippen LogP contribution in [0.3, 0.4) is 0 Å². The van der Waals surface area contributed by atoms with Gasteiger partial charge < -0.3 is 4.57 Å². The van der Waals surface area contributed by atoms with Crippen molar-refractivity contribution in [3.05, 3.63) is 114 Å². The zero-order valence-electron chi connectivity index (χ0n) is 17.2. The van der Waals surface area contributed by atoms with Gasteiger partial charge in [-0.25, -0.2) is 0 Å². The minimum atomic E-state index is 0.217. The quantitative estimate of drug-likeness (QED) is 0.585. The van der Waals surface area contributed by atoms with Crippen LogP contribution in [0.4, 0.5) is 0 Å². The Morgan fingerprint density at radius 3 is 2.26 bits per heavy atom. The van der Waals surface area contributed by atoms with Gasteiger partial charge >= 0.3 is 0 Å². The van der Waals surface area contributed by atoms with Crippen LogP contribution < -0.4 is 0 Å². The fourth-order valence-corrected chi connectivity index (χ4v) is 6.10. The predicted molar refractivity (Wildman–Crippen MR) is 126 cm³/mol. The molecule has 31 heavy (non-hydrogen) atoms. The predicted octanol–water partition coefficient (Wildman–Crippen LogP) is 5.08. The third-order valence-corrected chi connectivity index (χ3v) is 7.65. The fraction of sp³-hybridized carbons (Fsp3) is 0.231. The highest BCUT2D eigenvalue weighted by Gasteiger charge is 2.32. The van der Waals surface area contributed by atoms with E-state index in [1.807, 2.05) is 11.8 Å². The summed E-state index contributed by atoms with van der Waals surface area (Å²) in [7, 11) is 0. The molecule has 0 amide bonds. The molecule has 0 saturated heterocycles. The van der Waals surface area contributed by atoms with Gasteiger partial charge in [-0.2, -0.15) is 0 Å². The summed E-state index contributed by atoms with van der Waals surface area (Å²) in [4.78, 5) is 3.79. The fourth-order valence-electron chi connectivity index (χ4n) is 4.82. The maximum atomic E-state index is 4.63. The summed E-state index contributed by atoms with van der Waals surface area (Å²) < 4.78 is 2.33. The Labute approximate surface area is 187 Å². The lowest BCUT2D eigenvalue weighted by Gasteiger charge is -2.35. The minimum absolute atomic E-state index is 0.217. The Bertz CT molecular complexity index is 1120. The van der Waals surface area contributed by atoms with Gasteiger partial charge in [-0.05, 0) is 11.1 Å². The number of rotatable bonds is 4. The average molecular weight is 425 g/mol. The van der Waals surface area contributed by atoms with Crippen molar-refractivity contribution >= 4 is 16.7 Å². The Morgan fingerprint density at radius 2 is 1.55 bits per heavy atom. The molecule has 4 nitrogen and oxygen atoms in total. The zero-order chi connectivity index (χ0) is 20.6. The number of nitrogens with zero attached hydrogens (tertiary/aromatic N) is 4. The maximum Gasteiger partial charge on any atom is 0.170 e. The van der Waals surface area contributed by atoms with Crippen molar-refractivity contribution in [2.24, 2.45) is 5.92 Å². The summed E-state index contributed by atoms with van der Waals surface area (Å²) in [6, 6.07) is 21.8. The van der Waals surface area contributed by atoms with Crippen molar-refractivity contribution in [2.75, 3.05) is 6.54 Å². The molecular formula is C26H24N4S. The Morgan fingerprint density at radius 1 is 0.839 bits per heavy atom. The Kier molecular flexibility index (Phi) is 4.85. The first-order valence-electron chi connectivity index (χ1n) is 10.9. The smallest absolute Gasteiger partial charge is 0.170 e. The van der Waals surface area contributed by atoms with Gasteiger partial charge in [0, 0.05) is 29.2 Å². The van der Waals surface area contributed by atoms with Crippen LogP contribution in [0.1, 0.15) is 28.8 Å². The largest absolute Gasteiger partial charge is 0.308 e. The van der Waals surface area contributed by atoms with E-state index < -0.39 is 0 Å². The van der Waals surface area contributed by atoms with E-state index in [1.54, 1.807) is 0 Å². The van der Waals surface area contributed by atoms with E-state index in [-0.39, 0.29) is 6.04 Å². The molecule has 5 heteroatoms. The molecule has 2 atom stereocenters. The van der Waals surface area contributed by atoms with Crippen molar-refractivity contribution in [3.63, 3.8) is 0 Å². The molecule has 154 valence electrons. The second kappa shape index (κ2) is 7.98. The number of hydrogen-bond acceptors (Lipinski definition) is 4. The summed E-state index contributed by atoms with van der Waals surface area (Å²) in [5.74, 6) is 2.56. The molecule has 2 aliphatic heterocycles. The van der Waals surface area contributed by atoms with Gasteiger partial charge in [0.2, 0.25) is 0 Å². The minimum Gasteiger partial charge on any atom is -0.308 e. The maximum absolute atomic E-state index is 4.63. The van der Waals surface area contributed by atoms with Gasteiger partial charge in [0.05, 0.1) is 12.6 Å². The molecule has 2 aromatic carbocycles. The molecular weight excluding hydrogens is 400 g/mol. The van der Waals surface area contributed by atoms with Crippen molar-refractivity contribution in [1.82, 2.24) is 19.7 Å². The summed E-state index contributed by atoms with van der Waals surface area (Å²) in [5.41, 5.74) is 2.64. The molecule has 0 fully saturated rings. The van der Waals surface area contributed by atoms with Crippen molar-refractivity contribution < 1.29 is 0 Å². The van der Waals surface area contributed by atoms with Crippen LogP contribution in [0.15, 0.2) is 91.0 Å². The SMILES string of the molecule is C1=CC2C=C(c3nnc4n3CCN(C(c3ccccc3)c3ccccc3)C4)SC2C=C1. The van der Waals surface area contributed by atoms with E-state index in [4.69, 9.17) is 0 Å². The molecule has 0 radical (unpaired) electrons. The molecule has 6 rings (SSSR count). The van der Waals surface area contributed by atoms with Gasteiger partial charge in [0.25, 0.3) is 0 Å². The van der Waals surface area contributed by atoms with Crippen molar-refractivity contribution in [1.29, 1.82) is 0 Å². The summed E-state index contributed by atoms with van der Waals surface area (Å²) in [6.45, 7) is 2.68. The van der Waals surface area contributed by atoms with E-state index in [9.17, 15) is 0 Å². The van der Waals surface area contributed by atoms with Crippen LogP contribution in [0.25, 0.3) is 4.91 Å². The molecule has 1 aromatic heterocycles. The van der Waals surface area contributed by atoms with E-state index in [0.29, 0.717) is 11.2 Å². The van der Waals surface area contributed by atoms with Gasteiger partial charge in [-0.15, -0.1) is 22.0 Å². The lowest BCUT2D eigenvalue weighted by atomic mass is 9.96. The molecule has 1 aliphatic carbocycles. The Balaban J connectivity index is 1.30. The van der Waals surface area contributed by atoms with Crippen LogP contribution in [0.2, 0.25) is 0 Å². The molecule has 0 saturated carbocycles. The average Bonchev–Trinajstić information content (AvgIpc) is 3.44. The summed E-state index contributed by atoms with van der Waals surface area (Å²) in [6.07, 6.45) is 11.2.